The van der Waals surface area contributed by atoms with Crippen molar-refractivity contribution >= 4 is 22.5 Å². The van der Waals surface area contributed by atoms with Gasteiger partial charge in [0.15, 0.2) is 0 Å². The summed E-state index contributed by atoms with van der Waals surface area (Å²) in [5, 5.41) is 3.95. The summed E-state index contributed by atoms with van der Waals surface area (Å²) in [6.07, 6.45) is 1.73. The number of carbonyl (C=O) groups is 1. The number of rotatable bonds is 2. The van der Waals surface area contributed by atoms with Gasteiger partial charge < -0.3 is 5.32 Å². The molecule has 0 bridgehead atoms. The van der Waals surface area contributed by atoms with Crippen LogP contribution in [0.15, 0.2) is 54.7 Å². The van der Waals surface area contributed by atoms with Crippen LogP contribution in [-0.2, 0) is 0 Å². The first-order chi connectivity index (χ1) is 10.1. The van der Waals surface area contributed by atoms with Gasteiger partial charge in [0.1, 0.15) is 0 Å². The molecule has 1 heterocycles. The molecule has 3 nitrogen and oxygen atoms in total. The number of carbonyl (C=O) groups excluding carboxylic acids is 1. The minimum absolute atomic E-state index is 0.109. The highest BCUT2D eigenvalue weighted by atomic mass is 16.1. The number of hydrogen-bond acceptors (Lipinski definition) is 2. The zero-order valence-electron chi connectivity index (χ0n) is 12.1. The second-order valence-electron chi connectivity index (χ2n) is 5.16. The van der Waals surface area contributed by atoms with Gasteiger partial charge in [0.05, 0.1) is 11.2 Å². The van der Waals surface area contributed by atoms with Crippen LogP contribution in [0.1, 0.15) is 21.5 Å². The zero-order valence-corrected chi connectivity index (χ0v) is 12.1. The second kappa shape index (κ2) is 5.37. The lowest BCUT2D eigenvalue weighted by Crippen LogP contribution is -2.12. The van der Waals surface area contributed by atoms with Crippen LogP contribution in [0.5, 0.6) is 0 Å². The fourth-order valence-electron chi connectivity index (χ4n) is 2.51. The number of anilines is 1. The molecule has 1 N–H and O–H groups in total. The predicted molar refractivity (Wildman–Crippen MR) is 85.6 cm³/mol. The number of hydrogen-bond donors (Lipinski definition) is 1. The first-order valence-electron chi connectivity index (χ1n) is 6.87. The van der Waals surface area contributed by atoms with Gasteiger partial charge in [-0.3, -0.25) is 9.78 Å². The van der Waals surface area contributed by atoms with Gasteiger partial charge >= 0.3 is 0 Å². The van der Waals surface area contributed by atoms with Crippen molar-refractivity contribution in [3.63, 3.8) is 0 Å². The Hall–Kier alpha value is -2.68. The minimum atomic E-state index is -0.109. The van der Waals surface area contributed by atoms with Crippen LogP contribution in [0.25, 0.3) is 10.9 Å². The van der Waals surface area contributed by atoms with Gasteiger partial charge in [0, 0.05) is 17.1 Å². The Morgan fingerprint density at radius 1 is 1.05 bits per heavy atom. The summed E-state index contributed by atoms with van der Waals surface area (Å²) in [4.78, 5) is 16.7. The molecule has 0 aliphatic rings. The molecule has 0 saturated carbocycles. The summed E-state index contributed by atoms with van der Waals surface area (Å²) in [6.45, 7) is 4.08. The van der Waals surface area contributed by atoms with Crippen LogP contribution in [0.3, 0.4) is 0 Å². The van der Waals surface area contributed by atoms with Crippen LogP contribution in [-0.4, -0.2) is 10.9 Å². The fourth-order valence-corrected chi connectivity index (χ4v) is 2.51. The number of fused-ring (bicyclic) bond motifs is 1. The molecule has 2 aromatic carbocycles. The zero-order chi connectivity index (χ0) is 14.8. The van der Waals surface area contributed by atoms with Gasteiger partial charge in [0.25, 0.3) is 5.91 Å². The van der Waals surface area contributed by atoms with E-state index in [0.29, 0.717) is 5.56 Å². The van der Waals surface area contributed by atoms with E-state index in [-0.39, 0.29) is 5.91 Å². The van der Waals surface area contributed by atoms with Crippen LogP contribution >= 0.6 is 0 Å². The summed E-state index contributed by atoms with van der Waals surface area (Å²) in [5.41, 5.74) is 4.63. The Bertz CT molecular complexity index is 810. The quantitative estimate of drug-likeness (QED) is 0.765. The molecule has 0 aliphatic heterocycles. The molecule has 1 amide bonds. The molecule has 1 aromatic heterocycles. The van der Waals surface area contributed by atoms with Crippen LogP contribution in [0.4, 0.5) is 5.69 Å². The molecule has 104 valence electrons. The normalized spacial score (nSPS) is 10.6. The summed E-state index contributed by atoms with van der Waals surface area (Å²) in [5.74, 6) is -0.109. The Labute approximate surface area is 123 Å². The van der Waals surface area contributed by atoms with Crippen molar-refractivity contribution in [2.45, 2.75) is 13.8 Å². The molecule has 3 rings (SSSR count). The SMILES string of the molecule is Cc1cc(C)c2nccc(NC(=O)c3ccccc3)c2c1. The van der Waals surface area contributed by atoms with Crippen molar-refractivity contribution in [3.05, 3.63) is 71.4 Å². The molecule has 0 aliphatic carbocycles. The van der Waals surface area contributed by atoms with Gasteiger partial charge in [0.2, 0.25) is 0 Å². The number of nitrogens with one attached hydrogen (secondary N) is 1. The fraction of sp³-hybridized carbons (Fsp3) is 0.111. The van der Waals surface area contributed by atoms with E-state index in [0.717, 1.165) is 27.7 Å². The average molecular weight is 276 g/mol. The Morgan fingerprint density at radius 3 is 2.57 bits per heavy atom. The van der Waals surface area contributed by atoms with Crippen molar-refractivity contribution in [2.24, 2.45) is 0 Å². The van der Waals surface area contributed by atoms with Crippen molar-refractivity contribution in [2.75, 3.05) is 5.32 Å². The number of nitrogens with zero attached hydrogens (tertiary/aromatic N) is 1. The monoisotopic (exact) mass is 276 g/mol. The highest BCUT2D eigenvalue weighted by Crippen LogP contribution is 2.25. The van der Waals surface area contributed by atoms with Crippen molar-refractivity contribution in [3.8, 4) is 0 Å². The molecule has 0 spiro atoms. The smallest absolute Gasteiger partial charge is 0.255 e. The minimum Gasteiger partial charge on any atom is -0.321 e. The standard InChI is InChI=1S/C18H16N2O/c1-12-10-13(2)17-15(11-12)16(8-9-19-17)20-18(21)14-6-4-3-5-7-14/h3-11H,1-2H3,(H,19,20,21). The van der Waals surface area contributed by atoms with E-state index in [2.05, 4.69) is 22.4 Å². The van der Waals surface area contributed by atoms with Gasteiger partial charge in [-0.05, 0) is 43.7 Å². The molecule has 0 atom stereocenters. The molecule has 3 aromatic rings. The maximum absolute atomic E-state index is 12.3. The molecular formula is C18H16N2O. The molecule has 21 heavy (non-hydrogen) atoms. The molecule has 0 unspecified atom stereocenters. The Kier molecular flexibility index (Phi) is 3.40. The Balaban J connectivity index is 2.03. The number of aromatic nitrogens is 1. The third-order valence-corrected chi connectivity index (χ3v) is 3.46. The van der Waals surface area contributed by atoms with E-state index in [4.69, 9.17) is 0 Å². The van der Waals surface area contributed by atoms with Gasteiger partial charge in [-0.1, -0.05) is 29.8 Å². The number of amides is 1. The van der Waals surface area contributed by atoms with Gasteiger partial charge in [-0.25, -0.2) is 0 Å². The van der Waals surface area contributed by atoms with E-state index in [9.17, 15) is 4.79 Å². The van der Waals surface area contributed by atoms with E-state index >= 15 is 0 Å². The first-order valence-corrected chi connectivity index (χ1v) is 6.87. The van der Waals surface area contributed by atoms with Gasteiger partial charge in [-0.15, -0.1) is 0 Å². The van der Waals surface area contributed by atoms with Crippen LogP contribution in [0, 0.1) is 13.8 Å². The third kappa shape index (κ3) is 2.63. The summed E-state index contributed by atoms with van der Waals surface area (Å²) >= 11 is 0. The molecule has 0 fully saturated rings. The van der Waals surface area contributed by atoms with E-state index in [1.807, 2.05) is 38.1 Å². The highest BCUT2D eigenvalue weighted by Gasteiger charge is 2.09. The van der Waals surface area contributed by atoms with Crippen molar-refractivity contribution < 1.29 is 4.79 Å². The van der Waals surface area contributed by atoms with E-state index in [1.165, 1.54) is 0 Å². The average Bonchev–Trinajstić information content (AvgIpc) is 2.49. The lowest BCUT2D eigenvalue weighted by molar-refractivity contribution is 0.102. The lowest BCUT2D eigenvalue weighted by Gasteiger charge is -2.10. The van der Waals surface area contributed by atoms with Crippen LogP contribution in [0.2, 0.25) is 0 Å². The lowest BCUT2D eigenvalue weighted by atomic mass is 10.1. The molecular weight excluding hydrogens is 260 g/mol. The topological polar surface area (TPSA) is 42.0 Å². The summed E-state index contributed by atoms with van der Waals surface area (Å²) in [7, 11) is 0. The summed E-state index contributed by atoms with van der Waals surface area (Å²) < 4.78 is 0. The van der Waals surface area contributed by atoms with Crippen LogP contribution < -0.4 is 5.32 Å². The largest absolute Gasteiger partial charge is 0.321 e. The highest BCUT2D eigenvalue weighted by molar-refractivity contribution is 6.08. The first kappa shape index (κ1) is 13.3. The maximum atomic E-state index is 12.3. The number of pyridine rings is 1. The Morgan fingerprint density at radius 2 is 1.81 bits per heavy atom. The summed E-state index contributed by atoms with van der Waals surface area (Å²) in [6, 6.07) is 15.2. The molecule has 3 heteroatoms. The number of benzene rings is 2. The second-order valence-corrected chi connectivity index (χ2v) is 5.16. The van der Waals surface area contributed by atoms with E-state index < -0.39 is 0 Å². The maximum Gasteiger partial charge on any atom is 0.255 e. The van der Waals surface area contributed by atoms with Crippen molar-refractivity contribution in [1.29, 1.82) is 0 Å². The third-order valence-electron chi connectivity index (χ3n) is 3.46. The van der Waals surface area contributed by atoms with Gasteiger partial charge in [-0.2, -0.15) is 0 Å². The molecule has 0 saturated heterocycles. The van der Waals surface area contributed by atoms with E-state index in [1.54, 1.807) is 18.3 Å². The number of aryl methyl sites for hydroxylation is 2. The predicted octanol–water partition coefficient (Wildman–Crippen LogP) is 4.10. The van der Waals surface area contributed by atoms with Crippen molar-refractivity contribution in [1.82, 2.24) is 4.98 Å². The molecule has 0 radical (unpaired) electrons.